The molecule has 0 aliphatic heterocycles. The molecule has 0 aliphatic carbocycles. The van der Waals surface area contributed by atoms with Gasteiger partial charge in [-0.05, 0) is 13.8 Å². The first-order valence-corrected chi connectivity index (χ1v) is 4.98. The Morgan fingerprint density at radius 1 is 1.53 bits per heavy atom. The minimum atomic E-state index is -0.203. The fourth-order valence-electron chi connectivity index (χ4n) is 1.36. The third-order valence-corrected chi connectivity index (χ3v) is 2.26. The largest absolute Gasteiger partial charge is 0.388 e. The monoisotopic (exact) mass is 212 g/mol. The maximum Gasteiger partial charge on any atom is 0.242 e. The van der Waals surface area contributed by atoms with Crippen molar-refractivity contribution >= 4 is 5.91 Å². The number of carbonyl (C=O) groups excluding carboxylic acids is 1. The topological polar surface area (TPSA) is 71.2 Å². The highest BCUT2D eigenvalue weighted by Crippen LogP contribution is 1.98. The second-order valence-corrected chi connectivity index (χ2v) is 3.10. The highest BCUT2D eigenvalue weighted by Gasteiger charge is 2.12. The van der Waals surface area contributed by atoms with Crippen molar-refractivity contribution < 1.29 is 9.90 Å². The van der Waals surface area contributed by atoms with Crippen LogP contribution in [0, 0.1) is 0 Å². The number of aliphatic hydroxyl groups excluding tert-OH is 1. The molecule has 0 bridgehead atoms. The van der Waals surface area contributed by atoms with E-state index >= 15 is 0 Å². The van der Waals surface area contributed by atoms with Gasteiger partial charge in [-0.1, -0.05) is 0 Å². The van der Waals surface area contributed by atoms with Crippen LogP contribution in [0.2, 0.25) is 0 Å². The molecule has 1 aromatic heterocycles. The molecule has 15 heavy (non-hydrogen) atoms. The normalized spacial score (nSPS) is 10.3. The summed E-state index contributed by atoms with van der Waals surface area (Å²) in [7, 11) is 0. The van der Waals surface area contributed by atoms with Crippen LogP contribution in [-0.4, -0.2) is 43.8 Å². The van der Waals surface area contributed by atoms with E-state index in [1.807, 2.05) is 13.8 Å². The van der Waals surface area contributed by atoms with Gasteiger partial charge in [0.05, 0.1) is 0 Å². The van der Waals surface area contributed by atoms with E-state index in [0.717, 1.165) is 0 Å². The summed E-state index contributed by atoms with van der Waals surface area (Å²) in [6.07, 6.45) is 1.45. The lowest BCUT2D eigenvalue weighted by Gasteiger charge is -2.18. The highest BCUT2D eigenvalue weighted by atomic mass is 16.3. The minimum Gasteiger partial charge on any atom is -0.388 e. The van der Waals surface area contributed by atoms with E-state index < -0.39 is 0 Å². The van der Waals surface area contributed by atoms with Gasteiger partial charge in [0, 0.05) is 13.1 Å². The van der Waals surface area contributed by atoms with E-state index in [0.29, 0.717) is 18.9 Å². The Morgan fingerprint density at radius 2 is 2.20 bits per heavy atom. The molecule has 0 saturated heterocycles. The summed E-state index contributed by atoms with van der Waals surface area (Å²) in [5, 5.41) is 16.3. The van der Waals surface area contributed by atoms with Crippen molar-refractivity contribution in [3.63, 3.8) is 0 Å². The maximum atomic E-state index is 11.7. The summed E-state index contributed by atoms with van der Waals surface area (Å²) in [5.74, 6) is 0.421. The van der Waals surface area contributed by atoms with Crippen LogP contribution in [0.15, 0.2) is 6.33 Å². The van der Waals surface area contributed by atoms with Crippen LogP contribution in [0.4, 0.5) is 0 Å². The number of carbonyl (C=O) groups is 1. The summed E-state index contributed by atoms with van der Waals surface area (Å²) in [5.41, 5.74) is 0. The number of hydrogen-bond donors (Lipinski definition) is 1. The van der Waals surface area contributed by atoms with Gasteiger partial charge in [0.1, 0.15) is 19.5 Å². The van der Waals surface area contributed by atoms with Crippen LogP contribution in [0.25, 0.3) is 0 Å². The zero-order chi connectivity index (χ0) is 11.3. The van der Waals surface area contributed by atoms with E-state index in [1.165, 1.54) is 6.33 Å². The first kappa shape index (κ1) is 11.6. The lowest BCUT2D eigenvalue weighted by Crippen LogP contribution is -2.33. The number of aromatic nitrogens is 3. The molecule has 0 saturated carbocycles. The maximum absolute atomic E-state index is 11.7. The smallest absolute Gasteiger partial charge is 0.242 e. The van der Waals surface area contributed by atoms with Crippen LogP contribution in [0.3, 0.4) is 0 Å². The Bertz CT molecular complexity index is 320. The molecule has 0 aliphatic rings. The number of amides is 1. The fraction of sp³-hybridized carbons (Fsp3) is 0.667. The molecule has 0 spiro atoms. The first-order chi connectivity index (χ1) is 7.22. The van der Waals surface area contributed by atoms with E-state index in [-0.39, 0.29) is 19.1 Å². The molecule has 1 amide bonds. The van der Waals surface area contributed by atoms with Gasteiger partial charge >= 0.3 is 0 Å². The van der Waals surface area contributed by atoms with Crippen molar-refractivity contribution in [3.8, 4) is 0 Å². The molecule has 0 atom stereocenters. The van der Waals surface area contributed by atoms with Gasteiger partial charge in [0.25, 0.3) is 0 Å². The number of nitrogens with zero attached hydrogens (tertiary/aromatic N) is 4. The van der Waals surface area contributed by atoms with E-state index in [1.54, 1.807) is 9.47 Å². The summed E-state index contributed by atoms with van der Waals surface area (Å²) >= 11 is 0. The number of aliphatic hydroxyl groups is 1. The predicted molar refractivity (Wildman–Crippen MR) is 53.9 cm³/mol. The minimum absolute atomic E-state index is 0.00880. The summed E-state index contributed by atoms with van der Waals surface area (Å²) in [6, 6.07) is 0. The lowest BCUT2D eigenvalue weighted by atomic mass is 10.4. The van der Waals surface area contributed by atoms with E-state index in [4.69, 9.17) is 5.11 Å². The molecule has 1 heterocycles. The number of hydrogen-bond acceptors (Lipinski definition) is 4. The zero-order valence-corrected chi connectivity index (χ0v) is 9.05. The zero-order valence-electron chi connectivity index (χ0n) is 9.05. The summed E-state index contributed by atoms with van der Waals surface area (Å²) in [4.78, 5) is 13.4. The average molecular weight is 212 g/mol. The Hall–Kier alpha value is -1.43. The Kier molecular flexibility index (Phi) is 4.23. The van der Waals surface area contributed by atoms with Crippen molar-refractivity contribution in [2.75, 3.05) is 13.1 Å². The van der Waals surface area contributed by atoms with Crippen LogP contribution >= 0.6 is 0 Å². The molecule has 1 aromatic rings. The first-order valence-electron chi connectivity index (χ1n) is 4.98. The lowest BCUT2D eigenvalue weighted by molar-refractivity contribution is -0.131. The Morgan fingerprint density at radius 3 is 2.73 bits per heavy atom. The standard InChI is InChI=1S/C9H16N4O2/c1-3-12(4-2)9(15)5-13-7-10-11-8(13)6-14/h7,14H,3-6H2,1-2H3. The summed E-state index contributed by atoms with van der Waals surface area (Å²) < 4.78 is 1.56. The molecule has 0 fully saturated rings. The Labute approximate surface area is 88.5 Å². The SMILES string of the molecule is CCN(CC)C(=O)Cn1cnnc1CO. The molecule has 6 nitrogen and oxygen atoms in total. The quantitative estimate of drug-likeness (QED) is 0.723. The van der Waals surface area contributed by atoms with E-state index in [2.05, 4.69) is 10.2 Å². The van der Waals surface area contributed by atoms with Gasteiger partial charge in [-0.2, -0.15) is 0 Å². The molecular weight excluding hydrogens is 196 g/mol. The van der Waals surface area contributed by atoms with Gasteiger partial charge < -0.3 is 14.6 Å². The van der Waals surface area contributed by atoms with Crippen molar-refractivity contribution in [1.82, 2.24) is 19.7 Å². The second kappa shape index (κ2) is 5.45. The fourth-order valence-corrected chi connectivity index (χ4v) is 1.36. The Balaban J connectivity index is 2.65. The average Bonchev–Trinajstić information content (AvgIpc) is 2.67. The molecule has 1 rings (SSSR count). The third kappa shape index (κ3) is 2.76. The van der Waals surface area contributed by atoms with Crippen LogP contribution in [0.1, 0.15) is 19.7 Å². The van der Waals surface area contributed by atoms with Gasteiger partial charge in [-0.15, -0.1) is 10.2 Å². The van der Waals surface area contributed by atoms with Gasteiger partial charge in [-0.3, -0.25) is 4.79 Å². The van der Waals surface area contributed by atoms with Crippen LogP contribution in [0.5, 0.6) is 0 Å². The molecule has 6 heteroatoms. The predicted octanol–water partition coefficient (Wildman–Crippen LogP) is -0.361. The van der Waals surface area contributed by atoms with Gasteiger partial charge in [0.2, 0.25) is 5.91 Å². The second-order valence-electron chi connectivity index (χ2n) is 3.10. The van der Waals surface area contributed by atoms with Gasteiger partial charge in [-0.25, -0.2) is 0 Å². The van der Waals surface area contributed by atoms with E-state index in [9.17, 15) is 4.79 Å². The molecule has 0 unspecified atom stereocenters. The van der Waals surface area contributed by atoms with Crippen molar-refractivity contribution in [3.05, 3.63) is 12.2 Å². The van der Waals surface area contributed by atoms with Crippen molar-refractivity contribution in [2.45, 2.75) is 27.0 Å². The number of likely N-dealkylation sites (N-methyl/N-ethyl adjacent to an activating group) is 1. The molecule has 1 N–H and O–H groups in total. The molecule has 84 valence electrons. The highest BCUT2D eigenvalue weighted by molar-refractivity contribution is 5.75. The molecule has 0 radical (unpaired) electrons. The molecule has 0 aromatic carbocycles. The van der Waals surface area contributed by atoms with Crippen LogP contribution in [-0.2, 0) is 17.9 Å². The summed E-state index contributed by atoms with van der Waals surface area (Å²) in [6.45, 7) is 5.22. The van der Waals surface area contributed by atoms with Gasteiger partial charge in [0.15, 0.2) is 5.82 Å². The third-order valence-electron chi connectivity index (χ3n) is 2.26. The van der Waals surface area contributed by atoms with Crippen molar-refractivity contribution in [1.29, 1.82) is 0 Å². The van der Waals surface area contributed by atoms with Crippen molar-refractivity contribution in [2.24, 2.45) is 0 Å². The number of rotatable bonds is 5. The molecular formula is C9H16N4O2. The van der Waals surface area contributed by atoms with Crippen LogP contribution < -0.4 is 0 Å².